The Balaban J connectivity index is 1.59. The summed E-state index contributed by atoms with van der Waals surface area (Å²) in [6.45, 7) is 2.78. The molecule has 0 unspecified atom stereocenters. The number of benzene rings is 2. The van der Waals surface area contributed by atoms with Crippen molar-refractivity contribution in [3.8, 4) is 0 Å². The lowest BCUT2D eigenvalue weighted by molar-refractivity contribution is -0.384. The minimum Gasteiger partial charge on any atom is -0.366 e. The van der Waals surface area contributed by atoms with Crippen LogP contribution in [0.15, 0.2) is 42.5 Å². The van der Waals surface area contributed by atoms with E-state index in [4.69, 9.17) is 0 Å². The lowest BCUT2D eigenvalue weighted by Gasteiger charge is -2.33. The Morgan fingerprint density at radius 2 is 1.86 bits per heavy atom. The molecule has 1 saturated heterocycles. The summed E-state index contributed by atoms with van der Waals surface area (Å²) in [4.78, 5) is 25.3. The van der Waals surface area contributed by atoms with Crippen LogP contribution >= 0.6 is 0 Å². The lowest BCUT2D eigenvalue weighted by Crippen LogP contribution is -2.41. The Morgan fingerprint density at radius 1 is 1.18 bits per heavy atom. The van der Waals surface area contributed by atoms with E-state index in [0.29, 0.717) is 37.2 Å². The van der Waals surface area contributed by atoms with Crippen LogP contribution in [-0.4, -0.2) is 23.9 Å². The van der Waals surface area contributed by atoms with Crippen molar-refractivity contribution in [2.75, 3.05) is 18.0 Å². The van der Waals surface area contributed by atoms with Crippen molar-refractivity contribution in [3.63, 3.8) is 0 Å². The largest absolute Gasteiger partial charge is 0.366 e. The predicted octanol–water partition coefficient (Wildman–Crippen LogP) is 3.97. The molecule has 0 bridgehead atoms. The molecule has 2 aromatic carbocycles. The minimum atomic E-state index is -0.948. The maximum absolute atomic E-state index is 13.4. The number of nitro groups is 1. The van der Waals surface area contributed by atoms with E-state index in [9.17, 15) is 23.7 Å². The van der Waals surface area contributed by atoms with Gasteiger partial charge >= 0.3 is 0 Å². The second-order valence-corrected chi connectivity index (χ2v) is 6.91. The van der Waals surface area contributed by atoms with Gasteiger partial charge in [0.1, 0.15) is 5.69 Å². The Morgan fingerprint density at radius 3 is 2.50 bits per heavy atom. The first-order valence-corrected chi connectivity index (χ1v) is 9.10. The quantitative estimate of drug-likeness (QED) is 0.620. The van der Waals surface area contributed by atoms with Crippen molar-refractivity contribution in [1.82, 2.24) is 5.32 Å². The number of para-hydroxylation sites is 2. The molecule has 6 nitrogen and oxygen atoms in total. The molecule has 8 heteroatoms. The van der Waals surface area contributed by atoms with Gasteiger partial charge in [0.15, 0.2) is 11.6 Å². The number of carbonyl (C=O) groups excluding carboxylic acids is 1. The molecule has 1 fully saturated rings. The lowest BCUT2D eigenvalue weighted by atomic mass is 9.94. The molecule has 1 amide bonds. The predicted molar refractivity (Wildman–Crippen MR) is 101 cm³/mol. The highest BCUT2D eigenvalue weighted by molar-refractivity contribution is 5.79. The first-order valence-electron chi connectivity index (χ1n) is 9.10. The number of hydrogen-bond donors (Lipinski definition) is 1. The summed E-state index contributed by atoms with van der Waals surface area (Å²) >= 11 is 0. The Hall–Kier alpha value is -3.03. The van der Waals surface area contributed by atoms with Crippen molar-refractivity contribution in [2.24, 2.45) is 5.92 Å². The molecule has 1 atom stereocenters. The third-order valence-electron chi connectivity index (χ3n) is 5.09. The number of hydrogen-bond acceptors (Lipinski definition) is 4. The van der Waals surface area contributed by atoms with Crippen molar-refractivity contribution in [3.05, 3.63) is 69.8 Å². The fourth-order valence-corrected chi connectivity index (χ4v) is 3.46. The second kappa shape index (κ2) is 8.33. The van der Waals surface area contributed by atoms with E-state index in [1.54, 1.807) is 25.1 Å². The van der Waals surface area contributed by atoms with Gasteiger partial charge in [-0.1, -0.05) is 18.2 Å². The average Bonchev–Trinajstić information content (AvgIpc) is 2.70. The maximum atomic E-state index is 13.4. The molecule has 1 aliphatic rings. The molecule has 1 N–H and O–H groups in total. The Bertz CT molecular complexity index is 883. The maximum Gasteiger partial charge on any atom is 0.292 e. The number of rotatable bonds is 5. The molecule has 0 radical (unpaired) electrons. The Kier molecular flexibility index (Phi) is 5.87. The van der Waals surface area contributed by atoms with Crippen LogP contribution in [0.4, 0.5) is 20.2 Å². The number of halogens is 2. The molecule has 1 heterocycles. The number of nitrogens with zero attached hydrogens (tertiary/aromatic N) is 2. The number of anilines is 1. The molecule has 0 aromatic heterocycles. The standard InChI is InChI=1S/C20H21F2N3O3/c1-13(15-6-7-16(21)17(22)12-15)23-20(26)14-8-10-24(11-9-14)18-4-2-3-5-19(18)25(27)28/h2-7,12-14H,8-11H2,1H3,(H,23,26)/t13-/m0/s1. The van der Waals surface area contributed by atoms with Crippen LogP contribution in [0.25, 0.3) is 0 Å². The summed E-state index contributed by atoms with van der Waals surface area (Å²) in [6.07, 6.45) is 1.12. The summed E-state index contributed by atoms with van der Waals surface area (Å²) < 4.78 is 26.4. The third kappa shape index (κ3) is 4.27. The third-order valence-corrected chi connectivity index (χ3v) is 5.09. The molecule has 1 aliphatic heterocycles. The van der Waals surface area contributed by atoms with Crippen LogP contribution in [0, 0.1) is 27.7 Å². The number of nitrogens with one attached hydrogen (secondary N) is 1. The average molecular weight is 389 g/mol. The molecular weight excluding hydrogens is 368 g/mol. The van der Waals surface area contributed by atoms with Gasteiger partial charge in [0.05, 0.1) is 11.0 Å². The van der Waals surface area contributed by atoms with E-state index in [2.05, 4.69) is 5.32 Å². The Labute approximate surface area is 161 Å². The van der Waals surface area contributed by atoms with Crippen molar-refractivity contribution in [1.29, 1.82) is 0 Å². The zero-order valence-electron chi connectivity index (χ0n) is 15.4. The first kappa shape index (κ1) is 19.7. The van der Waals surface area contributed by atoms with Gasteiger partial charge in [-0.3, -0.25) is 14.9 Å². The monoisotopic (exact) mass is 389 g/mol. The fourth-order valence-electron chi connectivity index (χ4n) is 3.46. The van der Waals surface area contributed by atoms with E-state index < -0.39 is 22.6 Å². The van der Waals surface area contributed by atoms with Gasteiger partial charge in [-0.05, 0) is 43.5 Å². The minimum absolute atomic E-state index is 0.0531. The van der Waals surface area contributed by atoms with Crippen LogP contribution in [0.1, 0.15) is 31.4 Å². The van der Waals surface area contributed by atoms with E-state index in [0.717, 1.165) is 12.1 Å². The van der Waals surface area contributed by atoms with Crippen molar-refractivity contribution < 1.29 is 18.5 Å². The van der Waals surface area contributed by atoms with Crippen LogP contribution in [0.3, 0.4) is 0 Å². The summed E-state index contributed by atoms with van der Waals surface area (Å²) in [5.41, 5.74) is 1.10. The zero-order chi connectivity index (χ0) is 20.3. The summed E-state index contributed by atoms with van der Waals surface area (Å²) in [6, 6.07) is 9.68. The second-order valence-electron chi connectivity index (χ2n) is 6.91. The van der Waals surface area contributed by atoms with E-state index in [-0.39, 0.29) is 17.5 Å². The number of amides is 1. The summed E-state index contributed by atoms with van der Waals surface area (Å²) in [5.74, 6) is -2.26. The summed E-state index contributed by atoms with van der Waals surface area (Å²) in [5, 5.41) is 14.0. The molecule has 0 saturated carbocycles. The first-order chi connectivity index (χ1) is 13.4. The van der Waals surface area contributed by atoms with Gasteiger partial charge in [-0.2, -0.15) is 0 Å². The van der Waals surface area contributed by atoms with Crippen LogP contribution in [-0.2, 0) is 4.79 Å². The molecule has 2 aromatic rings. The van der Waals surface area contributed by atoms with E-state index in [1.807, 2.05) is 4.90 Å². The number of piperidine rings is 1. The van der Waals surface area contributed by atoms with Crippen LogP contribution < -0.4 is 10.2 Å². The molecule has 0 spiro atoms. The smallest absolute Gasteiger partial charge is 0.292 e. The van der Waals surface area contributed by atoms with Crippen LogP contribution in [0.2, 0.25) is 0 Å². The number of nitro benzene ring substituents is 1. The normalized spacial score (nSPS) is 15.9. The van der Waals surface area contributed by atoms with E-state index >= 15 is 0 Å². The molecule has 28 heavy (non-hydrogen) atoms. The van der Waals surface area contributed by atoms with Crippen molar-refractivity contribution in [2.45, 2.75) is 25.8 Å². The van der Waals surface area contributed by atoms with Gasteiger partial charge in [0.2, 0.25) is 5.91 Å². The SMILES string of the molecule is C[C@H](NC(=O)C1CCN(c2ccccc2[N+](=O)[O-])CC1)c1ccc(F)c(F)c1. The summed E-state index contributed by atoms with van der Waals surface area (Å²) in [7, 11) is 0. The molecular formula is C20H21F2N3O3. The fraction of sp³-hybridized carbons (Fsp3) is 0.350. The highest BCUT2D eigenvalue weighted by Gasteiger charge is 2.28. The molecule has 148 valence electrons. The topological polar surface area (TPSA) is 75.5 Å². The molecule has 0 aliphatic carbocycles. The van der Waals surface area contributed by atoms with Gasteiger partial charge < -0.3 is 10.2 Å². The van der Waals surface area contributed by atoms with E-state index in [1.165, 1.54) is 12.1 Å². The van der Waals surface area contributed by atoms with Crippen LogP contribution in [0.5, 0.6) is 0 Å². The molecule has 3 rings (SSSR count). The highest BCUT2D eigenvalue weighted by Crippen LogP contribution is 2.31. The van der Waals surface area contributed by atoms with Gasteiger partial charge in [-0.15, -0.1) is 0 Å². The number of carbonyl (C=O) groups is 1. The van der Waals surface area contributed by atoms with Gasteiger partial charge in [0.25, 0.3) is 5.69 Å². The highest BCUT2D eigenvalue weighted by atomic mass is 19.2. The van der Waals surface area contributed by atoms with Crippen molar-refractivity contribution >= 4 is 17.3 Å². The van der Waals surface area contributed by atoms with Gasteiger partial charge in [0, 0.05) is 25.1 Å². The zero-order valence-corrected chi connectivity index (χ0v) is 15.4. The van der Waals surface area contributed by atoms with Gasteiger partial charge in [-0.25, -0.2) is 8.78 Å².